The predicted octanol–water partition coefficient (Wildman–Crippen LogP) is 3.56. The summed E-state index contributed by atoms with van der Waals surface area (Å²) in [7, 11) is 0. The molecule has 3 aromatic rings. The molecule has 2 amide bonds. The minimum absolute atomic E-state index is 0.106. The molecule has 0 spiro atoms. The quantitative estimate of drug-likeness (QED) is 0.585. The van der Waals surface area contributed by atoms with E-state index in [9.17, 15) is 9.59 Å². The van der Waals surface area contributed by atoms with Gasteiger partial charge < -0.3 is 15.2 Å². The minimum atomic E-state index is -0.150. The zero-order valence-electron chi connectivity index (χ0n) is 14.9. The Hall–Kier alpha value is -2.65. The van der Waals surface area contributed by atoms with E-state index in [4.69, 9.17) is 4.52 Å². The lowest BCUT2D eigenvalue weighted by atomic mass is 10.2. The Morgan fingerprint density at radius 1 is 1.25 bits per heavy atom. The maximum Gasteiger partial charge on any atom is 0.251 e. The Morgan fingerprint density at radius 3 is 2.93 bits per heavy atom. The van der Waals surface area contributed by atoms with Crippen LogP contribution in [0.5, 0.6) is 0 Å². The van der Waals surface area contributed by atoms with Crippen LogP contribution in [0.4, 0.5) is 5.69 Å². The van der Waals surface area contributed by atoms with Crippen LogP contribution in [-0.2, 0) is 10.5 Å². The highest BCUT2D eigenvalue weighted by atomic mass is 32.2. The third kappa shape index (κ3) is 4.99. The largest absolute Gasteiger partial charge is 0.349 e. The van der Waals surface area contributed by atoms with Crippen LogP contribution in [0, 0.1) is 0 Å². The Morgan fingerprint density at radius 2 is 2.14 bits per heavy atom. The van der Waals surface area contributed by atoms with Crippen molar-refractivity contribution in [2.75, 3.05) is 11.1 Å². The fourth-order valence-electron chi connectivity index (χ4n) is 2.48. The standard InChI is InChI=1S/C19H18N4O3S2/c24-16(10-27-11-17-22-18(23-26-17)15-5-2-8-28-15)20-14-4-1-3-12(9-14)19(25)21-13-6-7-13/h1-5,8-9,13H,6-7,10-11H2,(H,20,24)(H,21,25). The molecule has 0 aliphatic heterocycles. The number of amides is 2. The Labute approximate surface area is 169 Å². The summed E-state index contributed by atoms with van der Waals surface area (Å²) in [5, 5.41) is 11.7. The van der Waals surface area contributed by atoms with Crippen molar-refractivity contribution in [3.05, 3.63) is 53.2 Å². The number of thiophene rings is 1. The van der Waals surface area contributed by atoms with Crippen molar-refractivity contribution < 1.29 is 14.1 Å². The third-order valence-corrected chi connectivity index (χ3v) is 5.77. The van der Waals surface area contributed by atoms with Gasteiger partial charge in [0.1, 0.15) is 0 Å². The first-order valence-corrected chi connectivity index (χ1v) is 10.9. The molecule has 7 nitrogen and oxygen atoms in total. The second-order valence-corrected chi connectivity index (χ2v) is 8.29. The van der Waals surface area contributed by atoms with Crippen molar-refractivity contribution in [3.63, 3.8) is 0 Å². The molecule has 2 heterocycles. The van der Waals surface area contributed by atoms with Gasteiger partial charge in [-0.3, -0.25) is 9.59 Å². The number of anilines is 1. The highest BCUT2D eigenvalue weighted by molar-refractivity contribution is 7.99. The first kappa shape index (κ1) is 18.7. The van der Waals surface area contributed by atoms with E-state index in [0.717, 1.165) is 17.7 Å². The van der Waals surface area contributed by atoms with Crippen molar-refractivity contribution >= 4 is 40.6 Å². The van der Waals surface area contributed by atoms with Crippen molar-refractivity contribution in [2.45, 2.75) is 24.6 Å². The van der Waals surface area contributed by atoms with E-state index in [-0.39, 0.29) is 17.6 Å². The minimum Gasteiger partial charge on any atom is -0.349 e. The van der Waals surface area contributed by atoms with Crippen LogP contribution in [0.3, 0.4) is 0 Å². The third-order valence-electron chi connectivity index (χ3n) is 3.99. The van der Waals surface area contributed by atoms with Gasteiger partial charge in [-0.25, -0.2) is 0 Å². The van der Waals surface area contributed by atoms with Gasteiger partial charge in [-0.05, 0) is 42.5 Å². The van der Waals surface area contributed by atoms with Gasteiger partial charge >= 0.3 is 0 Å². The van der Waals surface area contributed by atoms with Crippen LogP contribution in [0.15, 0.2) is 46.3 Å². The van der Waals surface area contributed by atoms with Gasteiger partial charge in [-0.2, -0.15) is 4.98 Å². The molecule has 1 aromatic carbocycles. The molecule has 0 unspecified atom stereocenters. The molecule has 0 bridgehead atoms. The zero-order valence-corrected chi connectivity index (χ0v) is 16.5. The fourth-order valence-corrected chi connectivity index (χ4v) is 3.78. The first-order chi connectivity index (χ1) is 13.7. The predicted molar refractivity (Wildman–Crippen MR) is 109 cm³/mol. The maximum absolute atomic E-state index is 12.2. The van der Waals surface area contributed by atoms with E-state index in [2.05, 4.69) is 20.8 Å². The summed E-state index contributed by atoms with van der Waals surface area (Å²) in [5.41, 5.74) is 1.15. The van der Waals surface area contributed by atoms with Crippen LogP contribution < -0.4 is 10.6 Å². The molecular weight excluding hydrogens is 396 g/mol. The van der Waals surface area contributed by atoms with Crippen molar-refractivity contribution in [1.29, 1.82) is 0 Å². The topological polar surface area (TPSA) is 97.1 Å². The number of carbonyl (C=O) groups is 2. The Balaban J connectivity index is 1.25. The summed E-state index contributed by atoms with van der Waals surface area (Å²) in [6.07, 6.45) is 2.07. The normalized spacial score (nSPS) is 13.3. The van der Waals surface area contributed by atoms with Crippen LogP contribution >= 0.6 is 23.1 Å². The summed E-state index contributed by atoms with van der Waals surface area (Å²) in [5.74, 6) is 1.50. The van der Waals surface area contributed by atoms with Gasteiger partial charge in [-0.15, -0.1) is 23.1 Å². The summed E-state index contributed by atoms with van der Waals surface area (Å²) >= 11 is 2.93. The number of nitrogens with zero attached hydrogens (tertiary/aromatic N) is 2. The van der Waals surface area contributed by atoms with Crippen LogP contribution in [0.25, 0.3) is 10.7 Å². The number of hydrogen-bond donors (Lipinski definition) is 2. The molecule has 144 valence electrons. The summed E-state index contributed by atoms with van der Waals surface area (Å²) in [6, 6.07) is 11.1. The van der Waals surface area contributed by atoms with E-state index >= 15 is 0 Å². The number of carbonyl (C=O) groups excluding carboxylic acids is 2. The van der Waals surface area contributed by atoms with E-state index < -0.39 is 0 Å². The summed E-state index contributed by atoms with van der Waals surface area (Å²) < 4.78 is 5.22. The maximum atomic E-state index is 12.2. The molecule has 4 rings (SSSR count). The van der Waals surface area contributed by atoms with Crippen molar-refractivity contribution in [1.82, 2.24) is 15.5 Å². The average Bonchev–Trinajstić information content (AvgIpc) is 3.15. The van der Waals surface area contributed by atoms with Gasteiger partial charge in [0.2, 0.25) is 17.6 Å². The van der Waals surface area contributed by atoms with E-state index in [1.54, 1.807) is 35.6 Å². The molecule has 0 atom stereocenters. The van der Waals surface area contributed by atoms with Gasteiger partial charge in [0.05, 0.1) is 16.4 Å². The Bertz CT molecular complexity index is 967. The number of nitrogens with one attached hydrogen (secondary N) is 2. The molecule has 1 saturated carbocycles. The number of hydrogen-bond acceptors (Lipinski definition) is 7. The van der Waals surface area contributed by atoms with Crippen LogP contribution in [0.2, 0.25) is 0 Å². The second kappa shape index (κ2) is 8.57. The molecule has 0 radical (unpaired) electrons. The lowest BCUT2D eigenvalue weighted by Gasteiger charge is -2.07. The molecule has 2 N–H and O–H groups in total. The van der Waals surface area contributed by atoms with Gasteiger partial charge in [0.15, 0.2) is 0 Å². The lowest BCUT2D eigenvalue weighted by molar-refractivity contribution is -0.113. The molecule has 9 heteroatoms. The van der Waals surface area contributed by atoms with Gasteiger partial charge in [0, 0.05) is 17.3 Å². The summed E-state index contributed by atoms with van der Waals surface area (Å²) in [4.78, 5) is 29.5. The molecule has 28 heavy (non-hydrogen) atoms. The molecule has 1 aliphatic rings. The van der Waals surface area contributed by atoms with E-state index in [0.29, 0.717) is 34.8 Å². The molecule has 1 fully saturated rings. The second-order valence-electron chi connectivity index (χ2n) is 6.36. The highest BCUT2D eigenvalue weighted by Crippen LogP contribution is 2.23. The van der Waals surface area contributed by atoms with Gasteiger partial charge in [0.25, 0.3) is 5.91 Å². The SMILES string of the molecule is O=C(CSCc1nc(-c2cccs2)no1)Nc1cccc(C(=O)NC2CC2)c1. The number of benzene rings is 1. The van der Waals surface area contributed by atoms with Gasteiger partial charge in [-0.1, -0.05) is 17.3 Å². The van der Waals surface area contributed by atoms with E-state index in [1.807, 2.05) is 17.5 Å². The monoisotopic (exact) mass is 414 g/mol. The molecule has 0 saturated heterocycles. The molecular formula is C19H18N4O3S2. The lowest BCUT2D eigenvalue weighted by Crippen LogP contribution is -2.25. The molecule has 2 aromatic heterocycles. The zero-order chi connectivity index (χ0) is 19.3. The summed E-state index contributed by atoms with van der Waals surface area (Å²) in [6.45, 7) is 0. The fraction of sp³-hybridized carbons (Fsp3) is 0.263. The number of thioether (sulfide) groups is 1. The van der Waals surface area contributed by atoms with E-state index in [1.165, 1.54) is 11.8 Å². The first-order valence-electron chi connectivity index (χ1n) is 8.82. The number of aromatic nitrogens is 2. The average molecular weight is 415 g/mol. The smallest absolute Gasteiger partial charge is 0.251 e. The van der Waals surface area contributed by atoms with Crippen molar-refractivity contribution in [2.24, 2.45) is 0 Å². The molecule has 1 aliphatic carbocycles. The Kier molecular flexibility index (Phi) is 5.73. The van der Waals surface area contributed by atoms with Crippen LogP contribution in [-0.4, -0.2) is 33.7 Å². The van der Waals surface area contributed by atoms with Crippen molar-refractivity contribution in [3.8, 4) is 10.7 Å². The highest BCUT2D eigenvalue weighted by Gasteiger charge is 2.23. The van der Waals surface area contributed by atoms with Crippen LogP contribution in [0.1, 0.15) is 29.1 Å². The number of rotatable bonds is 8.